The van der Waals surface area contributed by atoms with Gasteiger partial charge < -0.3 is 5.11 Å². The highest BCUT2D eigenvalue weighted by Gasteiger charge is 2.05. The van der Waals surface area contributed by atoms with Gasteiger partial charge in [0.15, 0.2) is 0 Å². The highest BCUT2D eigenvalue weighted by molar-refractivity contribution is 5.66. The van der Waals surface area contributed by atoms with Crippen molar-refractivity contribution in [2.45, 2.75) is 26.3 Å². The molecule has 0 radical (unpaired) electrons. The summed E-state index contributed by atoms with van der Waals surface area (Å²) in [6.07, 6.45) is 0.844. The second-order valence-electron chi connectivity index (χ2n) is 4.47. The number of benzene rings is 1. The van der Waals surface area contributed by atoms with Gasteiger partial charge in [0.05, 0.1) is 18.7 Å². The van der Waals surface area contributed by atoms with Gasteiger partial charge in [-0.15, -0.1) is 0 Å². The van der Waals surface area contributed by atoms with E-state index in [1.54, 1.807) is 6.07 Å². The molecule has 1 N–H and O–H groups in total. The molecule has 0 unspecified atom stereocenters. The van der Waals surface area contributed by atoms with Crippen LogP contribution in [0.4, 0.5) is 0 Å². The van der Waals surface area contributed by atoms with Crippen LogP contribution in [0.25, 0.3) is 11.3 Å². The van der Waals surface area contributed by atoms with Crippen LogP contribution in [-0.2, 0) is 17.8 Å². The largest absolute Gasteiger partial charge is 0.481 e. The lowest BCUT2D eigenvalue weighted by atomic mass is 10.1. The van der Waals surface area contributed by atoms with Crippen molar-refractivity contribution in [2.75, 3.05) is 0 Å². The average Bonchev–Trinajstić information content (AvgIpc) is 2.46. The molecular weight excluding hydrogens is 256 g/mol. The van der Waals surface area contributed by atoms with Gasteiger partial charge in [-0.05, 0) is 18.1 Å². The molecule has 0 aliphatic heterocycles. The van der Waals surface area contributed by atoms with Crippen molar-refractivity contribution in [1.29, 1.82) is 0 Å². The minimum absolute atomic E-state index is 0.0784. The first-order chi connectivity index (χ1) is 9.60. The average molecular weight is 272 g/mol. The van der Waals surface area contributed by atoms with E-state index in [2.05, 4.69) is 12.0 Å². The van der Waals surface area contributed by atoms with Crippen molar-refractivity contribution >= 4 is 5.97 Å². The normalized spacial score (nSPS) is 10.4. The molecule has 0 saturated carbocycles. The maximum absolute atomic E-state index is 11.6. The molecule has 2 aromatic rings. The number of aliphatic carboxylic acids is 1. The van der Waals surface area contributed by atoms with Crippen molar-refractivity contribution in [3.63, 3.8) is 0 Å². The Morgan fingerprint density at radius 2 is 1.90 bits per heavy atom. The summed E-state index contributed by atoms with van der Waals surface area (Å²) in [5.74, 6) is -0.948. The van der Waals surface area contributed by atoms with Gasteiger partial charge in [-0.3, -0.25) is 9.59 Å². The van der Waals surface area contributed by atoms with Crippen LogP contribution in [0.5, 0.6) is 0 Å². The number of carbonyl (C=O) groups is 1. The predicted molar refractivity (Wildman–Crippen MR) is 75.6 cm³/mol. The molecule has 20 heavy (non-hydrogen) atoms. The number of carboxylic acids is 1. The zero-order chi connectivity index (χ0) is 14.5. The molecule has 104 valence electrons. The minimum Gasteiger partial charge on any atom is -0.481 e. The summed E-state index contributed by atoms with van der Waals surface area (Å²) in [7, 11) is 0. The topological polar surface area (TPSA) is 72.2 Å². The summed E-state index contributed by atoms with van der Waals surface area (Å²) in [5.41, 5.74) is 2.51. The Hall–Kier alpha value is -2.43. The summed E-state index contributed by atoms with van der Waals surface area (Å²) >= 11 is 0. The van der Waals surface area contributed by atoms with Crippen LogP contribution in [-0.4, -0.2) is 20.9 Å². The van der Waals surface area contributed by atoms with Crippen LogP contribution in [0, 0.1) is 0 Å². The van der Waals surface area contributed by atoms with Crippen molar-refractivity contribution in [3.05, 3.63) is 52.3 Å². The molecule has 2 rings (SSSR count). The van der Waals surface area contributed by atoms with Gasteiger partial charge in [0.25, 0.3) is 5.56 Å². The lowest BCUT2D eigenvalue weighted by Crippen LogP contribution is -2.23. The third-order valence-corrected chi connectivity index (χ3v) is 3.06. The number of rotatable bonds is 5. The Labute approximate surface area is 116 Å². The van der Waals surface area contributed by atoms with E-state index in [4.69, 9.17) is 5.11 Å². The maximum Gasteiger partial charge on any atom is 0.305 e. The molecule has 5 heteroatoms. The highest BCUT2D eigenvalue weighted by Crippen LogP contribution is 2.16. The van der Waals surface area contributed by atoms with Crippen molar-refractivity contribution in [2.24, 2.45) is 0 Å². The van der Waals surface area contributed by atoms with Gasteiger partial charge in [-0.2, -0.15) is 5.10 Å². The fourth-order valence-corrected chi connectivity index (χ4v) is 1.88. The van der Waals surface area contributed by atoms with E-state index in [0.717, 1.165) is 12.0 Å². The molecule has 0 saturated heterocycles. The fraction of sp³-hybridized carbons (Fsp3) is 0.267. The van der Waals surface area contributed by atoms with Crippen LogP contribution in [0.2, 0.25) is 0 Å². The van der Waals surface area contributed by atoms with E-state index < -0.39 is 5.97 Å². The molecule has 0 spiro atoms. The summed E-state index contributed by atoms with van der Waals surface area (Å²) in [5, 5.41) is 12.9. The molecule has 1 heterocycles. The minimum atomic E-state index is -0.948. The number of aromatic nitrogens is 2. The van der Waals surface area contributed by atoms with Crippen molar-refractivity contribution in [1.82, 2.24) is 9.78 Å². The summed E-state index contributed by atoms with van der Waals surface area (Å²) in [4.78, 5) is 22.2. The van der Waals surface area contributed by atoms with Gasteiger partial charge in [0.2, 0.25) is 0 Å². The predicted octanol–water partition coefficient (Wildman–Crippen LogP) is 1.95. The lowest BCUT2D eigenvalue weighted by Gasteiger charge is -2.06. The zero-order valence-corrected chi connectivity index (χ0v) is 11.2. The van der Waals surface area contributed by atoms with Gasteiger partial charge in [0, 0.05) is 11.6 Å². The molecule has 0 atom stereocenters. The monoisotopic (exact) mass is 272 g/mol. The molecule has 1 aromatic heterocycles. The number of carboxylic acid groups (broad SMARTS) is 1. The number of nitrogens with zero attached hydrogens (tertiary/aromatic N) is 2. The molecule has 5 nitrogen and oxygen atoms in total. The van der Waals surface area contributed by atoms with Crippen LogP contribution < -0.4 is 5.56 Å². The quantitative estimate of drug-likeness (QED) is 0.903. The first-order valence-corrected chi connectivity index (χ1v) is 6.49. The SMILES string of the molecule is CCc1ccc(-c2ccc(=O)n(CCC(=O)O)n2)cc1. The molecule has 0 fully saturated rings. The Morgan fingerprint density at radius 3 is 2.50 bits per heavy atom. The first kappa shape index (κ1) is 14.0. The molecule has 0 bridgehead atoms. The van der Waals surface area contributed by atoms with E-state index in [-0.39, 0.29) is 18.5 Å². The Kier molecular flexibility index (Phi) is 4.30. The molecule has 0 amide bonds. The van der Waals surface area contributed by atoms with Crippen molar-refractivity contribution < 1.29 is 9.90 Å². The Morgan fingerprint density at radius 1 is 1.20 bits per heavy atom. The first-order valence-electron chi connectivity index (χ1n) is 6.49. The van der Waals surface area contributed by atoms with Gasteiger partial charge >= 0.3 is 5.97 Å². The third-order valence-electron chi connectivity index (χ3n) is 3.06. The summed E-state index contributed by atoms with van der Waals surface area (Å²) in [6, 6.07) is 11.0. The summed E-state index contributed by atoms with van der Waals surface area (Å²) in [6.45, 7) is 2.16. The van der Waals surface area contributed by atoms with Gasteiger partial charge in [0.1, 0.15) is 0 Å². The smallest absolute Gasteiger partial charge is 0.305 e. The lowest BCUT2D eigenvalue weighted by molar-refractivity contribution is -0.137. The molecule has 1 aromatic carbocycles. The van der Waals surface area contributed by atoms with Crippen LogP contribution in [0.3, 0.4) is 0 Å². The van der Waals surface area contributed by atoms with E-state index in [0.29, 0.717) is 5.69 Å². The van der Waals surface area contributed by atoms with Gasteiger partial charge in [-0.1, -0.05) is 31.2 Å². The van der Waals surface area contributed by atoms with Gasteiger partial charge in [-0.25, -0.2) is 4.68 Å². The highest BCUT2D eigenvalue weighted by atomic mass is 16.4. The van der Waals surface area contributed by atoms with E-state index in [1.807, 2.05) is 24.3 Å². The zero-order valence-electron chi connectivity index (χ0n) is 11.2. The summed E-state index contributed by atoms with van der Waals surface area (Å²) < 4.78 is 1.19. The van der Waals surface area contributed by atoms with Crippen molar-refractivity contribution in [3.8, 4) is 11.3 Å². The standard InChI is InChI=1S/C15H16N2O3/c1-2-11-3-5-12(6-4-11)13-7-8-14(18)17(16-13)10-9-15(19)20/h3-8H,2,9-10H2,1H3,(H,19,20). The third kappa shape index (κ3) is 3.32. The second-order valence-corrected chi connectivity index (χ2v) is 4.47. The number of aryl methyl sites for hydroxylation is 2. The maximum atomic E-state index is 11.6. The molecule has 0 aliphatic rings. The van der Waals surface area contributed by atoms with E-state index in [9.17, 15) is 9.59 Å². The molecular formula is C15H16N2O3. The Balaban J connectivity index is 2.29. The van der Waals surface area contributed by atoms with Crippen LogP contribution >= 0.6 is 0 Å². The Bertz CT molecular complexity index is 660. The fourth-order valence-electron chi connectivity index (χ4n) is 1.88. The van der Waals surface area contributed by atoms with Crippen LogP contribution in [0.15, 0.2) is 41.2 Å². The molecule has 0 aliphatic carbocycles. The van der Waals surface area contributed by atoms with E-state index >= 15 is 0 Å². The number of hydrogen-bond donors (Lipinski definition) is 1. The number of hydrogen-bond acceptors (Lipinski definition) is 3. The van der Waals surface area contributed by atoms with Crippen LogP contribution in [0.1, 0.15) is 18.9 Å². The van der Waals surface area contributed by atoms with E-state index in [1.165, 1.54) is 16.3 Å². The second kappa shape index (κ2) is 6.14.